The van der Waals surface area contributed by atoms with Crippen molar-refractivity contribution in [3.05, 3.63) is 42.2 Å². The Kier molecular flexibility index (Phi) is 3.31. The van der Waals surface area contributed by atoms with E-state index >= 15 is 0 Å². The number of rotatable bonds is 4. The van der Waals surface area contributed by atoms with Gasteiger partial charge in [-0.1, -0.05) is 19.1 Å². The topological polar surface area (TPSA) is 38.1 Å². The van der Waals surface area contributed by atoms with E-state index in [1.54, 1.807) is 24.4 Å². The van der Waals surface area contributed by atoms with Gasteiger partial charge in [0.1, 0.15) is 5.82 Å². The molecular weight excluding hydrogens is 207 g/mol. The van der Waals surface area contributed by atoms with Crippen LogP contribution in [-0.4, -0.2) is 11.5 Å². The maximum absolute atomic E-state index is 13.4. The third-order valence-corrected chi connectivity index (χ3v) is 2.22. The zero-order valence-corrected chi connectivity index (χ0v) is 9.03. The van der Waals surface area contributed by atoms with Gasteiger partial charge in [0.15, 0.2) is 5.76 Å². The number of oxazole rings is 1. The summed E-state index contributed by atoms with van der Waals surface area (Å²) < 4.78 is 18.9. The van der Waals surface area contributed by atoms with Crippen LogP contribution in [0.2, 0.25) is 0 Å². The molecule has 3 nitrogen and oxygen atoms in total. The summed E-state index contributed by atoms with van der Waals surface area (Å²) in [5.74, 6) is 0.736. The molecule has 0 aliphatic carbocycles. The zero-order valence-electron chi connectivity index (χ0n) is 9.03. The second-order valence-corrected chi connectivity index (χ2v) is 3.38. The summed E-state index contributed by atoms with van der Waals surface area (Å²) in [6.07, 6.45) is 1.55. The molecule has 0 amide bonds. The Morgan fingerprint density at radius 3 is 2.94 bits per heavy atom. The molecule has 0 saturated heterocycles. The van der Waals surface area contributed by atoms with Crippen LogP contribution in [0.3, 0.4) is 0 Å². The molecule has 2 rings (SSSR count). The summed E-state index contributed by atoms with van der Waals surface area (Å²) in [6.45, 7) is 3.41. The van der Waals surface area contributed by atoms with Gasteiger partial charge in [0.25, 0.3) is 0 Å². The van der Waals surface area contributed by atoms with E-state index in [2.05, 4.69) is 10.3 Å². The summed E-state index contributed by atoms with van der Waals surface area (Å²) in [4.78, 5) is 4.08. The standard InChI is InChI=1S/C12H13FN2O/c1-2-14-8-12-15-7-11(16-12)9-5-3-4-6-10(9)13/h3-7,14H,2,8H2,1H3. The van der Waals surface area contributed by atoms with Crippen molar-refractivity contribution in [2.24, 2.45) is 0 Å². The van der Waals surface area contributed by atoms with Crippen LogP contribution in [0.25, 0.3) is 11.3 Å². The van der Waals surface area contributed by atoms with Crippen molar-refractivity contribution in [2.45, 2.75) is 13.5 Å². The van der Waals surface area contributed by atoms with Gasteiger partial charge < -0.3 is 9.73 Å². The van der Waals surface area contributed by atoms with E-state index in [0.29, 0.717) is 23.8 Å². The van der Waals surface area contributed by atoms with Gasteiger partial charge in [-0.05, 0) is 18.7 Å². The van der Waals surface area contributed by atoms with Crippen molar-refractivity contribution in [1.82, 2.24) is 10.3 Å². The van der Waals surface area contributed by atoms with Crippen LogP contribution in [0.5, 0.6) is 0 Å². The predicted octanol–water partition coefficient (Wildman–Crippen LogP) is 2.59. The lowest BCUT2D eigenvalue weighted by atomic mass is 10.2. The van der Waals surface area contributed by atoms with Gasteiger partial charge in [0, 0.05) is 0 Å². The summed E-state index contributed by atoms with van der Waals surface area (Å²) >= 11 is 0. The van der Waals surface area contributed by atoms with Crippen LogP contribution in [0.15, 0.2) is 34.9 Å². The van der Waals surface area contributed by atoms with Crippen LogP contribution < -0.4 is 5.32 Å². The third kappa shape index (κ3) is 2.28. The third-order valence-electron chi connectivity index (χ3n) is 2.22. The highest BCUT2D eigenvalue weighted by atomic mass is 19.1. The predicted molar refractivity (Wildman–Crippen MR) is 59.3 cm³/mol. The fourth-order valence-corrected chi connectivity index (χ4v) is 1.41. The molecule has 0 aliphatic heterocycles. The van der Waals surface area contributed by atoms with Gasteiger partial charge in [0.2, 0.25) is 5.89 Å². The molecule has 4 heteroatoms. The Hall–Kier alpha value is -1.68. The van der Waals surface area contributed by atoms with Crippen LogP contribution in [-0.2, 0) is 6.54 Å². The lowest BCUT2D eigenvalue weighted by Gasteiger charge is -1.98. The second-order valence-electron chi connectivity index (χ2n) is 3.38. The largest absolute Gasteiger partial charge is 0.439 e. The van der Waals surface area contributed by atoms with Gasteiger partial charge in [-0.3, -0.25) is 0 Å². The van der Waals surface area contributed by atoms with E-state index in [-0.39, 0.29) is 5.82 Å². The van der Waals surface area contributed by atoms with Gasteiger partial charge in [-0.15, -0.1) is 0 Å². The fraction of sp³-hybridized carbons (Fsp3) is 0.250. The Morgan fingerprint density at radius 1 is 1.38 bits per heavy atom. The van der Waals surface area contributed by atoms with E-state index < -0.39 is 0 Å². The smallest absolute Gasteiger partial charge is 0.208 e. The van der Waals surface area contributed by atoms with Crippen LogP contribution in [0.1, 0.15) is 12.8 Å². The van der Waals surface area contributed by atoms with Crippen LogP contribution in [0, 0.1) is 5.82 Å². The molecule has 84 valence electrons. The first-order valence-electron chi connectivity index (χ1n) is 5.21. The minimum atomic E-state index is -0.298. The summed E-state index contributed by atoms with van der Waals surface area (Å²) in [7, 11) is 0. The first kappa shape index (κ1) is 10.8. The zero-order chi connectivity index (χ0) is 11.4. The first-order chi connectivity index (χ1) is 7.81. The SMILES string of the molecule is CCNCc1ncc(-c2ccccc2F)o1. The molecule has 1 N–H and O–H groups in total. The Balaban J connectivity index is 2.22. The fourth-order valence-electron chi connectivity index (χ4n) is 1.41. The minimum Gasteiger partial charge on any atom is -0.439 e. The van der Waals surface area contributed by atoms with Gasteiger partial charge in [0.05, 0.1) is 18.3 Å². The Bertz CT molecular complexity index is 468. The number of nitrogens with zero attached hydrogens (tertiary/aromatic N) is 1. The molecule has 0 fully saturated rings. The van der Waals surface area contributed by atoms with Gasteiger partial charge in [-0.2, -0.15) is 0 Å². The summed E-state index contributed by atoms with van der Waals surface area (Å²) in [5.41, 5.74) is 0.442. The molecule has 1 heterocycles. The highest BCUT2D eigenvalue weighted by Crippen LogP contribution is 2.22. The maximum Gasteiger partial charge on any atom is 0.208 e. The van der Waals surface area contributed by atoms with E-state index in [0.717, 1.165) is 6.54 Å². The molecular formula is C12H13FN2O. The van der Waals surface area contributed by atoms with Crippen molar-refractivity contribution < 1.29 is 8.81 Å². The Labute approximate surface area is 93.3 Å². The number of hydrogen-bond donors (Lipinski definition) is 1. The lowest BCUT2D eigenvalue weighted by molar-refractivity contribution is 0.479. The van der Waals surface area contributed by atoms with Crippen molar-refractivity contribution in [3.63, 3.8) is 0 Å². The van der Waals surface area contributed by atoms with Crippen molar-refractivity contribution in [1.29, 1.82) is 0 Å². The normalized spacial score (nSPS) is 10.6. The number of benzene rings is 1. The molecule has 0 spiro atoms. The molecule has 0 saturated carbocycles. The maximum atomic E-state index is 13.4. The van der Waals surface area contributed by atoms with E-state index in [1.807, 2.05) is 6.92 Å². The summed E-state index contributed by atoms with van der Waals surface area (Å²) in [5, 5.41) is 3.09. The van der Waals surface area contributed by atoms with Crippen molar-refractivity contribution in [2.75, 3.05) is 6.54 Å². The number of hydrogen-bond acceptors (Lipinski definition) is 3. The molecule has 1 aromatic carbocycles. The molecule has 1 aromatic heterocycles. The first-order valence-corrected chi connectivity index (χ1v) is 5.21. The number of halogens is 1. The molecule has 0 unspecified atom stereocenters. The molecule has 16 heavy (non-hydrogen) atoms. The highest BCUT2D eigenvalue weighted by Gasteiger charge is 2.09. The molecule has 0 radical (unpaired) electrons. The monoisotopic (exact) mass is 220 g/mol. The highest BCUT2D eigenvalue weighted by molar-refractivity contribution is 5.56. The van der Waals surface area contributed by atoms with E-state index in [9.17, 15) is 4.39 Å². The van der Waals surface area contributed by atoms with Gasteiger partial charge >= 0.3 is 0 Å². The molecule has 0 atom stereocenters. The van der Waals surface area contributed by atoms with Gasteiger partial charge in [-0.25, -0.2) is 9.37 Å². The molecule has 0 bridgehead atoms. The van der Waals surface area contributed by atoms with Crippen LogP contribution in [0.4, 0.5) is 4.39 Å². The summed E-state index contributed by atoms with van der Waals surface area (Å²) in [6, 6.07) is 6.49. The number of aromatic nitrogens is 1. The van der Waals surface area contributed by atoms with E-state index in [4.69, 9.17) is 4.42 Å². The van der Waals surface area contributed by atoms with E-state index in [1.165, 1.54) is 6.07 Å². The molecule has 0 aliphatic rings. The average Bonchev–Trinajstić information content (AvgIpc) is 2.75. The van der Waals surface area contributed by atoms with Crippen LogP contribution >= 0.6 is 0 Å². The minimum absolute atomic E-state index is 0.298. The van der Waals surface area contributed by atoms with Crippen molar-refractivity contribution in [3.8, 4) is 11.3 Å². The molecule has 2 aromatic rings. The number of nitrogens with one attached hydrogen (secondary N) is 1. The quantitative estimate of drug-likeness (QED) is 0.860. The Morgan fingerprint density at radius 2 is 2.19 bits per heavy atom. The second kappa shape index (κ2) is 4.90. The van der Waals surface area contributed by atoms with Crippen molar-refractivity contribution >= 4 is 0 Å². The average molecular weight is 220 g/mol. The lowest BCUT2D eigenvalue weighted by Crippen LogP contribution is -2.11.